The maximum Gasteiger partial charge on any atom is 0.261 e. The zero-order chi connectivity index (χ0) is 20.9. The molecule has 1 amide bonds. The summed E-state index contributed by atoms with van der Waals surface area (Å²) in [7, 11) is -2.09. The highest BCUT2D eigenvalue weighted by Gasteiger charge is 2.14. The van der Waals surface area contributed by atoms with E-state index in [0.717, 1.165) is 16.9 Å². The molecule has 29 heavy (non-hydrogen) atoms. The molecular formula is C22H22N2O4S. The van der Waals surface area contributed by atoms with Crippen LogP contribution in [0.15, 0.2) is 77.7 Å². The predicted molar refractivity (Wildman–Crippen MR) is 113 cm³/mol. The lowest BCUT2D eigenvalue weighted by atomic mass is 10.1. The molecule has 7 heteroatoms. The molecule has 150 valence electrons. The summed E-state index contributed by atoms with van der Waals surface area (Å²) in [5.74, 6) is 0.475. The zero-order valence-electron chi connectivity index (χ0n) is 16.2. The van der Waals surface area contributed by atoms with E-state index in [-0.39, 0.29) is 10.8 Å². The average molecular weight is 410 g/mol. The third-order valence-corrected chi connectivity index (χ3v) is 5.72. The highest BCUT2D eigenvalue weighted by molar-refractivity contribution is 7.92. The minimum Gasteiger partial charge on any atom is -0.497 e. The fourth-order valence-corrected chi connectivity index (χ4v) is 3.75. The van der Waals surface area contributed by atoms with E-state index in [1.54, 1.807) is 55.6 Å². The van der Waals surface area contributed by atoms with Crippen LogP contribution in [0.3, 0.4) is 0 Å². The molecule has 2 N–H and O–H groups in total. The highest BCUT2D eigenvalue weighted by atomic mass is 32.2. The van der Waals surface area contributed by atoms with Gasteiger partial charge in [0.05, 0.1) is 12.0 Å². The summed E-state index contributed by atoms with van der Waals surface area (Å²) in [4.78, 5) is 12.5. The molecule has 0 aromatic heterocycles. The maximum atomic E-state index is 12.4. The third kappa shape index (κ3) is 5.36. The lowest BCUT2D eigenvalue weighted by Crippen LogP contribution is -2.22. The molecule has 0 fully saturated rings. The number of sulfonamides is 1. The van der Waals surface area contributed by atoms with Crippen LogP contribution in [-0.2, 0) is 16.6 Å². The third-order valence-electron chi connectivity index (χ3n) is 4.32. The van der Waals surface area contributed by atoms with Crippen LogP contribution >= 0.6 is 0 Å². The number of ether oxygens (including phenoxy) is 1. The molecule has 3 rings (SSSR count). The molecule has 0 spiro atoms. The Morgan fingerprint density at radius 1 is 0.966 bits per heavy atom. The normalized spacial score (nSPS) is 11.0. The van der Waals surface area contributed by atoms with Crippen molar-refractivity contribution in [2.45, 2.75) is 18.4 Å². The number of anilines is 1. The number of methoxy groups -OCH3 is 1. The Kier molecular flexibility index (Phi) is 6.19. The molecule has 0 bridgehead atoms. The molecule has 0 atom stereocenters. The van der Waals surface area contributed by atoms with Gasteiger partial charge in [-0.15, -0.1) is 0 Å². The van der Waals surface area contributed by atoms with E-state index in [0.29, 0.717) is 17.8 Å². The standard InChI is InChI=1S/C22H22N2O4S/c1-16-6-12-21(13-7-16)29(26,27)24-19-10-8-18(9-11-19)22(25)23-15-17-4-3-5-20(14-17)28-2/h3-14,24H,15H2,1-2H3,(H,23,25). The predicted octanol–water partition coefficient (Wildman–Crippen LogP) is 3.73. The Balaban J connectivity index is 1.63. The van der Waals surface area contributed by atoms with Crippen molar-refractivity contribution in [1.82, 2.24) is 5.32 Å². The molecule has 0 aliphatic carbocycles. The molecule has 3 aromatic rings. The van der Waals surface area contributed by atoms with E-state index in [1.165, 1.54) is 0 Å². The summed E-state index contributed by atoms with van der Waals surface area (Å²) in [6.07, 6.45) is 0. The van der Waals surface area contributed by atoms with Crippen LogP contribution in [0.2, 0.25) is 0 Å². The molecular weight excluding hydrogens is 388 g/mol. The molecule has 0 aliphatic rings. The molecule has 0 radical (unpaired) electrons. The van der Waals surface area contributed by atoms with Gasteiger partial charge in [0.2, 0.25) is 0 Å². The van der Waals surface area contributed by atoms with Crippen LogP contribution in [0.1, 0.15) is 21.5 Å². The van der Waals surface area contributed by atoms with Gasteiger partial charge >= 0.3 is 0 Å². The smallest absolute Gasteiger partial charge is 0.261 e. The first kappa shape index (κ1) is 20.4. The minimum atomic E-state index is -3.68. The van der Waals surface area contributed by atoms with Crippen LogP contribution in [-0.4, -0.2) is 21.4 Å². The number of rotatable bonds is 7. The molecule has 0 saturated heterocycles. The second-order valence-electron chi connectivity index (χ2n) is 6.53. The summed E-state index contributed by atoms with van der Waals surface area (Å²) in [5, 5.41) is 2.83. The first-order valence-electron chi connectivity index (χ1n) is 8.98. The van der Waals surface area contributed by atoms with Gasteiger partial charge in [0, 0.05) is 17.8 Å². The first-order chi connectivity index (χ1) is 13.9. The number of amides is 1. The van der Waals surface area contributed by atoms with Gasteiger partial charge in [-0.1, -0.05) is 29.8 Å². The van der Waals surface area contributed by atoms with Crippen molar-refractivity contribution in [3.05, 3.63) is 89.5 Å². The molecule has 0 unspecified atom stereocenters. The van der Waals surface area contributed by atoms with Crippen LogP contribution in [0.4, 0.5) is 5.69 Å². The Morgan fingerprint density at radius 3 is 2.31 bits per heavy atom. The molecule has 0 heterocycles. The van der Waals surface area contributed by atoms with Gasteiger partial charge in [-0.05, 0) is 61.0 Å². The lowest BCUT2D eigenvalue weighted by molar-refractivity contribution is 0.0951. The van der Waals surface area contributed by atoms with Gasteiger partial charge < -0.3 is 10.1 Å². The summed E-state index contributed by atoms with van der Waals surface area (Å²) in [5.41, 5.74) is 2.72. The fraction of sp³-hybridized carbons (Fsp3) is 0.136. The number of hydrogen-bond donors (Lipinski definition) is 2. The van der Waals surface area contributed by atoms with Crippen LogP contribution < -0.4 is 14.8 Å². The van der Waals surface area contributed by atoms with E-state index < -0.39 is 10.0 Å². The van der Waals surface area contributed by atoms with Gasteiger partial charge in [-0.25, -0.2) is 8.42 Å². The van der Waals surface area contributed by atoms with Gasteiger partial charge in [0.15, 0.2) is 0 Å². The SMILES string of the molecule is COc1cccc(CNC(=O)c2ccc(NS(=O)(=O)c3ccc(C)cc3)cc2)c1. The van der Waals surface area contributed by atoms with Crippen molar-refractivity contribution in [1.29, 1.82) is 0 Å². The van der Waals surface area contributed by atoms with E-state index in [2.05, 4.69) is 10.0 Å². The van der Waals surface area contributed by atoms with Gasteiger partial charge in [-0.3, -0.25) is 9.52 Å². The van der Waals surface area contributed by atoms with Crippen molar-refractivity contribution in [2.75, 3.05) is 11.8 Å². The van der Waals surface area contributed by atoms with Gasteiger partial charge in [0.1, 0.15) is 5.75 Å². The number of benzene rings is 3. The number of aryl methyl sites for hydroxylation is 1. The average Bonchev–Trinajstić information content (AvgIpc) is 2.73. The Hall–Kier alpha value is -3.32. The van der Waals surface area contributed by atoms with E-state index in [4.69, 9.17) is 4.74 Å². The van der Waals surface area contributed by atoms with Crippen molar-refractivity contribution in [2.24, 2.45) is 0 Å². The summed E-state index contributed by atoms with van der Waals surface area (Å²) in [6, 6.07) is 20.3. The quantitative estimate of drug-likeness (QED) is 0.622. The largest absolute Gasteiger partial charge is 0.497 e. The number of nitrogens with one attached hydrogen (secondary N) is 2. The maximum absolute atomic E-state index is 12.4. The van der Waals surface area contributed by atoms with Crippen molar-refractivity contribution in [3.63, 3.8) is 0 Å². The van der Waals surface area contributed by atoms with E-state index in [9.17, 15) is 13.2 Å². The minimum absolute atomic E-state index is 0.184. The van der Waals surface area contributed by atoms with Crippen molar-refractivity contribution >= 4 is 21.6 Å². The summed E-state index contributed by atoms with van der Waals surface area (Å²) in [6.45, 7) is 2.25. The number of carbonyl (C=O) groups excluding carboxylic acids is 1. The fourth-order valence-electron chi connectivity index (χ4n) is 2.69. The Morgan fingerprint density at radius 2 is 1.66 bits per heavy atom. The van der Waals surface area contributed by atoms with E-state index >= 15 is 0 Å². The number of hydrogen-bond acceptors (Lipinski definition) is 4. The molecule has 6 nitrogen and oxygen atoms in total. The van der Waals surface area contributed by atoms with Crippen LogP contribution in [0.25, 0.3) is 0 Å². The van der Waals surface area contributed by atoms with Gasteiger partial charge in [-0.2, -0.15) is 0 Å². The Labute approximate surface area is 170 Å². The van der Waals surface area contributed by atoms with Crippen molar-refractivity contribution < 1.29 is 17.9 Å². The lowest BCUT2D eigenvalue weighted by Gasteiger charge is -2.10. The monoisotopic (exact) mass is 410 g/mol. The molecule has 3 aromatic carbocycles. The topological polar surface area (TPSA) is 84.5 Å². The second kappa shape index (κ2) is 8.79. The molecule has 0 aliphatic heterocycles. The zero-order valence-corrected chi connectivity index (χ0v) is 17.0. The summed E-state index contributed by atoms with van der Waals surface area (Å²) < 4.78 is 32.6. The van der Waals surface area contributed by atoms with Crippen LogP contribution in [0.5, 0.6) is 5.75 Å². The number of carbonyl (C=O) groups is 1. The highest BCUT2D eigenvalue weighted by Crippen LogP contribution is 2.17. The molecule has 0 saturated carbocycles. The van der Waals surface area contributed by atoms with Crippen LogP contribution in [0, 0.1) is 6.92 Å². The van der Waals surface area contributed by atoms with Crippen molar-refractivity contribution in [3.8, 4) is 5.75 Å². The first-order valence-corrected chi connectivity index (χ1v) is 10.5. The van der Waals surface area contributed by atoms with Gasteiger partial charge in [0.25, 0.3) is 15.9 Å². The summed E-state index contributed by atoms with van der Waals surface area (Å²) >= 11 is 0. The van der Waals surface area contributed by atoms with E-state index in [1.807, 2.05) is 31.2 Å². The second-order valence-corrected chi connectivity index (χ2v) is 8.21. The Bertz CT molecular complexity index is 1090.